The van der Waals surface area contributed by atoms with E-state index in [-0.39, 0.29) is 5.91 Å². The molecule has 0 saturated carbocycles. The Morgan fingerprint density at radius 2 is 2.00 bits per heavy atom. The molecule has 0 bridgehead atoms. The fourth-order valence-corrected chi connectivity index (χ4v) is 3.22. The third kappa shape index (κ3) is 5.33. The van der Waals surface area contributed by atoms with Gasteiger partial charge in [-0.15, -0.1) is 11.3 Å². The molecular weight excluding hydrogens is 312 g/mol. The van der Waals surface area contributed by atoms with Crippen molar-refractivity contribution in [3.8, 4) is 5.75 Å². The van der Waals surface area contributed by atoms with Crippen LogP contribution in [0.2, 0.25) is 0 Å². The van der Waals surface area contributed by atoms with Crippen LogP contribution in [0.15, 0.2) is 24.3 Å². The van der Waals surface area contributed by atoms with Gasteiger partial charge >= 0.3 is 0 Å². The predicted molar refractivity (Wildman–Crippen MR) is 91.0 cm³/mol. The van der Waals surface area contributed by atoms with Crippen LogP contribution in [-0.4, -0.2) is 31.7 Å². The largest absolute Gasteiger partial charge is 0.497 e. The molecule has 2 aromatic rings. The highest BCUT2D eigenvalue weighted by molar-refractivity contribution is 7.11. The van der Waals surface area contributed by atoms with Crippen LogP contribution in [0.4, 0.5) is 0 Å². The predicted octanol–water partition coefficient (Wildman–Crippen LogP) is 2.51. The maximum absolute atomic E-state index is 12.0. The van der Waals surface area contributed by atoms with E-state index in [1.165, 1.54) is 16.9 Å². The molecule has 1 N–H and O–H groups in total. The molecular formula is C17H22N2O3S. The molecule has 1 aromatic carbocycles. The lowest BCUT2D eigenvalue weighted by Gasteiger charge is -2.06. The van der Waals surface area contributed by atoms with Crippen LogP contribution in [-0.2, 0) is 29.0 Å². The zero-order valence-electron chi connectivity index (χ0n) is 13.7. The number of nitrogens with one attached hydrogen (secondary N) is 1. The number of carbonyl (C=O) groups is 1. The van der Waals surface area contributed by atoms with E-state index in [4.69, 9.17) is 9.47 Å². The molecule has 5 nitrogen and oxygen atoms in total. The smallest absolute Gasteiger partial charge is 0.225 e. The standard InChI is InChI=1S/C17H22N2O3S/c1-12-15(23-17(19-12)11-21-2)10-16(20)18-9-8-13-4-6-14(22-3)7-5-13/h4-7H,8-11H2,1-3H3,(H,18,20). The van der Waals surface area contributed by atoms with Crippen LogP contribution in [0.25, 0.3) is 0 Å². The number of hydrogen-bond acceptors (Lipinski definition) is 5. The molecule has 0 saturated heterocycles. The van der Waals surface area contributed by atoms with E-state index >= 15 is 0 Å². The summed E-state index contributed by atoms with van der Waals surface area (Å²) in [6.07, 6.45) is 1.17. The third-order valence-corrected chi connectivity index (χ3v) is 4.55. The summed E-state index contributed by atoms with van der Waals surface area (Å²) >= 11 is 1.54. The quantitative estimate of drug-likeness (QED) is 0.806. The van der Waals surface area contributed by atoms with Crippen molar-refractivity contribution >= 4 is 17.2 Å². The number of methoxy groups -OCH3 is 2. The van der Waals surface area contributed by atoms with Gasteiger partial charge in [0.1, 0.15) is 10.8 Å². The van der Waals surface area contributed by atoms with Crippen molar-refractivity contribution in [1.82, 2.24) is 10.3 Å². The van der Waals surface area contributed by atoms with Crippen LogP contribution in [0, 0.1) is 6.92 Å². The molecule has 23 heavy (non-hydrogen) atoms. The van der Waals surface area contributed by atoms with Crippen LogP contribution in [0.1, 0.15) is 21.1 Å². The average Bonchev–Trinajstić information content (AvgIpc) is 2.88. The van der Waals surface area contributed by atoms with Crippen molar-refractivity contribution in [2.24, 2.45) is 0 Å². The number of nitrogens with zero attached hydrogens (tertiary/aromatic N) is 1. The van der Waals surface area contributed by atoms with Gasteiger partial charge < -0.3 is 14.8 Å². The van der Waals surface area contributed by atoms with Crippen molar-refractivity contribution < 1.29 is 14.3 Å². The Morgan fingerprint density at radius 1 is 1.26 bits per heavy atom. The van der Waals surface area contributed by atoms with Gasteiger partial charge in [0.15, 0.2) is 0 Å². The number of rotatable bonds is 8. The molecule has 1 amide bonds. The molecule has 1 aromatic heterocycles. The highest BCUT2D eigenvalue weighted by Crippen LogP contribution is 2.19. The van der Waals surface area contributed by atoms with E-state index in [9.17, 15) is 4.79 Å². The number of ether oxygens (including phenoxy) is 2. The van der Waals surface area contributed by atoms with Gasteiger partial charge in [0.25, 0.3) is 0 Å². The highest BCUT2D eigenvalue weighted by atomic mass is 32.1. The molecule has 0 spiro atoms. The first kappa shape index (κ1) is 17.4. The summed E-state index contributed by atoms with van der Waals surface area (Å²) in [5.41, 5.74) is 2.08. The maximum atomic E-state index is 12.0. The van der Waals surface area contributed by atoms with E-state index in [2.05, 4.69) is 10.3 Å². The Morgan fingerprint density at radius 3 is 2.65 bits per heavy atom. The molecule has 0 aliphatic carbocycles. The monoisotopic (exact) mass is 334 g/mol. The first-order valence-electron chi connectivity index (χ1n) is 7.46. The number of thiazole rings is 1. The Bertz CT molecular complexity index is 638. The van der Waals surface area contributed by atoms with Gasteiger partial charge in [0, 0.05) is 18.5 Å². The molecule has 2 rings (SSSR count). The summed E-state index contributed by atoms with van der Waals surface area (Å²) in [6.45, 7) is 3.04. The van der Waals surface area contributed by atoms with E-state index < -0.39 is 0 Å². The molecule has 0 unspecified atom stereocenters. The van der Waals surface area contributed by atoms with E-state index in [0.717, 1.165) is 27.7 Å². The summed E-state index contributed by atoms with van der Waals surface area (Å²) < 4.78 is 10.2. The molecule has 0 aliphatic rings. The summed E-state index contributed by atoms with van der Waals surface area (Å²) in [7, 11) is 3.29. The van der Waals surface area contributed by atoms with Gasteiger partial charge in [-0.05, 0) is 31.0 Å². The highest BCUT2D eigenvalue weighted by Gasteiger charge is 2.11. The van der Waals surface area contributed by atoms with E-state index in [1.807, 2.05) is 31.2 Å². The Balaban J connectivity index is 1.78. The topological polar surface area (TPSA) is 60.5 Å². The Hall–Kier alpha value is -1.92. The van der Waals surface area contributed by atoms with Crippen molar-refractivity contribution in [2.45, 2.75) is 26.4 Å². The fraction of sp³-hybridized carbons (Fsp3) is 0.412. The lowest BCUT2D eigenvalue weighted by atomic mass is 10.1. The molecule has 124 valence electrons. The zero-order valence-corrected chi connectivity index (χ0v) is 14.5. The second kappa shape index (κ2) is 8.64. The van der Waals surface area contributed by atoms with Crippen molar-refractivity contribution in [3.63, 3.8) is 0 Å². The summed E-state index contributed by atoms with van der Waals surface area (Å²) in [5.74, 6) is 0.861. The number of aryl methyl sites for hydroxylation is 1. The molecule has 6 heteroatoms. The molecule has 0 aliphatic heterocycles. The number of carbonyl (C=O) groups excluding carboxylic acids is 1. The Labute approximate surface area is 140 Å². The molecule has 0 fully saturated rings. The summed E-state index contributed by atoms with van der Waals surface area (Å²) in [6, 6.07) is 7.87. The van der Waals surface area contributed by atoms with Crippen LogP contribution < -0.4 is 10.1 Å². The number of amides is 1. The minimum Gasteiger partial charge on any atom is -0.497 e. The second-order valence-electron chi connectivity index (χ2n) is 5.17. The first-order chi connectivity index (χ1) is 11.1. The van der Waals surface area contributed by atoms with Gasteiger partial charge in [0.2, 0.25) is 5.91 Å². The average molecular weight is 334 g/mol. The van der Waals surface area contributed by atoms with Crippen LogP contribution in [0.3, 0.4) is 0 Å². The minimum absolute atomic E-state index is 0.0224. The van der Waals surface area contributed by atoms with Crippen LogP contribution >= 0.6 is 11.3 Å². The van der Waals surface area contributed by atoms with Crippen molar-refractivity contribution in [2.75, 3.05) is 20.8 Å². The number of benzene rings is 1. The second-order valence-corrected chi connectivity index (χ2v) is 6.34. The number of aromatic nitrogens is 1. The van der Waals surface area contributed by atoms with Gasteiger partial charge in [-0.1, -0.05) is 12.1 Å². The maximum Gasteiger partial charge on any atom is 0.225 e. The SMILES string of the molecule is COCc1nc(C)c(CC(=O)NCCc2ccc(OC)cc2)s1. The van der Waals surface area contributed by atoms with Gasteiger partial charge in [-0.25, -0.2) is 4.98 Å². The summed E-state index contributed by atoms with van der Waals surface area (Å²) in [4.78, 5) is 17.4. The molecule has 0 radical (unpaired) electrons. The third-order valence-electron chi connectivity index (χ3n) is 3.42. The molecule has 1 heterocycles. The normalized spacial score (nSPS) is 10.6. The zero-order chi connectivity index (χ0) is 16.7. The minimum atomic E-state index is 0.0224. The van der Waals surface area contributed by atoms with E-state index in [1.54, 1.807) is 14.2 Å². The fourth-order valence-electron chi connectivity index (χ4n) is 2.18. The first-order valence-corrected chi connectivity index (χ1v) is 8.27. The van der Waals surface area contributed by atoms with Crippen molar-refractivity contribution in [3.05, 3.63) is 45.4 Å². The Kier molecular flexibility index (Phi) is 6.55. The van der Waals surface area contributed by atoms with E-state index in [0.29, 0.717) is 19.6 Å². The lowest BCUT2D eigenvalue weighted by molar-refractivity contribution is -0.120. The van der Waals surface area contributed by atoms with Crippen LogP contribution in [0.5, 0.6) is 5.75 Å². The lowest BCUT2D eigenvalue weighted by Crippen LogP contribution is -2.27. The number of hydrogen-bond donors (Lipinski definition) is 1. The van der Waals surface area contributed by atoms with Gasteiger partial charge in [0.05, 0.1) is 25.8 Å². The van der Waals surface area contributed by atoms with Crippen molar-refractivity contribution in [1.29, 1.82) is 0 Å². The van der Waals surface area contributed by atoms with Gasteiger partial charge in [-0.3, -0.25) is 4.79 Å². The molecule has 0 atom stereocenters. The van der Waals surface area contributed by atoms with Gasteiger partial charge in [-0.2, -0.15) is 0 Å². The summed E-state index contributed by atoms with van der Waals surface area (Å²) in [5, 5.41) is 3.86.